The van der Waals surface area contributed by atoms with Crippen molar-refractivity contribution in [2.75, 3.05) is 20.2 Å². The summed E-state index contributed by atoms with van der Waals surface area (Å²) in [5.74, 6) is 1.80. The molecular formula is C29H42ClNO4. The van der Waals surface area contributed by atoms with E-state index < -0.39 is 11.2 Å². The summed E-state index contributed by atoms with van der Waals surface area (Å²) in [6, 6.07) is 4.46. The van der Waals surface area contributed by atoms with Crippen molar-refractivity contribution in [2.24, 2.45) is 22.7 Å². The Bertz CT molecular complexity index is 1060. The second-order valence-corrected chi connectivity index (χ2v) is 13.8. The third-order valence-electron chi connectivity index (χ3n) is 11.9. The molecule has 4 bridgehead atoms. The van der Waals surface area contributed by atoms with Crippen LogP contribution in [0.3, 0.4) is 0 Å². The van der Waals surface area contributed by atoms with Gasteiger partial charge in [-0.05, 0) is 81.4 Å². The van der Waals surface area contributed by atoms with Crippen molar-refractivity contribution in [1.82, 2.24) is 4.90 Å². The number of aliphatic hydroxyl groups is 1. The van der Waals surface area contributed by atoms with Crippen LogP contribution >= 0.6 is 12.4 Å². The van der Waals surface area contributed by atoms with Crippen LogP contribution in [-0.4, -0.2) is 58.7 Å². The number of phenols is 1. The molecule has 2 spiro atoms. The van der Waals surface area contributed by atoms with Crippen LogP contribution in [0.2, 0.25) is 0 Å². The summed E-state index contributed by atoms with van der Waals surface area (Å²) in [5, 5.41) is 23.2. The first-order valence-corrected chi connectivity index (χ1v) is 13.6. The number of halogens is 1. The number of methoxy groups -OCH3 is 1. The van der Waals surface area contributed by atoms with Crippen molar-refractivity contribution in [1.29, 1.82) is 0 Å². The second kappa shape index (κ2) is 7.09. The Kier molecular flexibility index (Phi) is 4.93. The van der Waals surface area contributed by atoms with Gasteiger partial charge in [-0.3, -0.25) is 4.90 Å². The molecule has 8 rings (SSSR count). The first-order chi connectivity index (χ1) is 16.0. The average molecular weight is 504 g/mol. The average Bonchev–Trinajstić information content (AvgIpc) is 3.53. The Labute approximate surface area is 216 Å². The minimum Gasteiger partial charge on any atom is -0.504 e. The second-order valence-electron chi connectivity index (χ2n) is 13.8. The minimum absolute atomic E-state index is 0. The van der Waals surface area contributed by atoms with Crippen molar-refractivity contribution in [3.8, 4) is 11.5 Å². The number of likely N-dealkylation sites (tertiary alicyclic amines) is 1. The maximum Gasteiger partial charge on any atom is 0.165 e. The number of rotatable bonds is 4. The van der Waals surface area contributed by atoms with Crippen LogP contribution in [0.15, 0.2) is 12.1 Å². The van der Waals surface area contributed by atoms with Crippen LogP contribution in [0, 0.1) is 22.7 Å². The summed E-state index contributed by atoms with van der Waals surface area (Å²) in [6.45, 7) is 10.8. The van der Waals surface area contributed by atoms with Crippen molar-refractivity contribution < 1.29 is 19.7 Å². The normalized spacial score (nSPS) is 42.6. The van der Waals surface area contributed by atoms with Gasteiger partial charge in [0.1, 0.15) is 11.7 Å². The molecular weight excluding hydrogens is 462 g/mol. The van der Waals surface area contributed by atoms with Gasteiger partial charge in [-0.2, -0.15) is 0 Å². The number of ether oxygens (including phenoxy) is 2. The van der Waals surface area contributed by atoms with Crippen LogP contribution in [0.25, 0.3) is 0 Å². The number of hydrogen-bond donors (Lipinski definition) is 2. The molecule has 1 saturated heterocycles. The van der Waals surface area contributed by atoms with E-state index in [1.165, 1.54) is 30.5 Å². The zero-order valence-electron chi connectivity index (χ0n) is 21.9. The topological polar surface area (TPSA) is 62.2 Å². The standard InChI is InChI=1S/C29H41NO4.ClH/c1-25(2,3)26(4,32)20-15-27-10-11-29(20,33-5)24-28(27)12-13-30(16-17-6-7-17)21(27)14-18-8-9-19(31)23(34-24)22(18)28;/h8-9,17,20-21,24,31-32H,6-7,10-16H2,1-5H3;1H/t20-,21+,24-,26+,27-,28+,29-;/m1./s1. The summed E-state index contributed by atoms with van der Waals surface area (Å²) < 4.78 is 13.5. The van der Waals surface area contributed by atoms with E-state index >= 15 is 0 Å². The molecule has 7 aliphatic rings. The largest absolute Gasteiger partial charge is 0.504 e. The molecule has 0 radical (unpaired) electrons. The quantitative estimate of drug-likeness (QED) is 0.616. The molecule has 2 heterocycles. The number of fused-ring (bicyclic) bond motifs is 2. The van der Waals surface area contributed by atoms with E-state index in [9.17, 15) is 10.2 Å². The van der Waals surface area contributed by atoms with Gasteiger partial charge in [0.15, 0.2) is 11.5 Å². The molecule has 1 aromatic rings. The molecule has 194 valence electrons. The molecule has 5 aliphatic carbocycles. The highest BCUT2D eigenvalue weighted by molar-refractivity contribution is 5.85. The van der Waals surface area contributed by atoms with Gasteiger partial charge in [-0.25, -0.2) is 0 Å². The lowest BCUT2D eigenvalue weighted by Crippen LogP contribution is -2.83. The van der Waals surface area contributed by atoms with Crippen LogP contribution in [-0.2, 0) is 16.6 Å². The molecule has 7 atom stereocenters. The molecule has 4 saturated carbocycles. The van der Waals surface area contributed by atoms with Crippen LogP contribution in [0.4, 0.5) is 0 Å². The Balaban J connectivity index is 0.00000229. The minimum atomic E-state index is -0.909. The fraction of sp³-hybridized carbons (Fsp3) is 0.793. The van der Waals surface area contributed by atoms with Gasteiger partial charge in [0.05, 0.1) is 5.60 Å². The zero-order chi connectivity index (χ0) is 23.9. The van der Waals surface area contributed by atoms with E-state index in [4.69, 9.17) is 9.47 Å². The lowest BCUT2D eigenvalue weighted by Gasteiger charge is -2.75. The number of aromatic hydroxyl groups is 1. The van der Waals surface area contributed by atoms with Gasteiger partial charge in [0, 0.05) is 42.0 Å². The Morgan fingerprint density at radius 2 is 1.89 bits per heavy atom. The molecule has 1 aromatic carbocycles. The molecule has 6 heteroatoms. The third-order valence-corrected chi connectivity index (χ3v) is 11.9. The van der Waals surface area contributed by atoms with E-state index in [0.717, 1.165) is 44.6 Å². The van der Waals surface area contributed by atoms with E-state index in [2.05, 4.69) is 31.7 Å². The predicted octanol–water partition coefficient (Wildman–Crippen LogP) is 4.84. The number of hydrogen-bond acceptors (Lipinski definition) is 5. The predicted molar refractivity (Wildman–Crippen MR) is 137 cm³/mol. The molecule has 0 aromatic heterocycles. The van der Waals surface area contributed by atoms with Gasteiger partial charge < -0.3 is 19.7 Å². The lowest BCUT2D eigenvalue weighted by atomic mass is 9.33. The molecule has 35 heavy (non-hydrogen) atoms. The third kappa shape index (κ3) is 2.62. The van der Waals surface area contributed by atoms with Crippen molar-refractivity contribution in [3.63, 3.8) is 0 Å². The molecule has 2 N–H and O–H groups in total. The number of phenolic OH excluding ortho intramolecular Hbond substituents is 1. The number of piperidine rings is 1. The van der Waals surface area contributed by atoms with Crippen molar-refractivity contribution in [2.45, 2.75) is 101 Å². The summed E-state index contributed by atoms with van der Waals surface area (Å²) in [6.07, 6.45) is 7.64. The summed E-state index contributed by atoms with van der Waals surface area (Å²) in [4.78, 5) is 2.82. The first-order valence-electron chi connectivity index (χ1n) is 13.6. The van der Waals surface area contributed by atoms with Crippen LogP contribution in [0.5, 0.6) is 11.5 Å². The van der Waals surface area contributed by atoms with E-state index in [1.807, 2.05) is 20.1 Å². The highest BCUT2D eigenvalue weighted by Gasteiger charge is 2.82. The van der Waals surface area contributed by atoms with Gasteiger partial charge >= 0.3 is 0 Å². The lowest BCUT2D eigenvalue weighted by molar-refractivity contribution is -0.312. The fourth-order valence-corrected chi connectivity index (χ4v) is 9.58. The summed E-state index contributed by atoms with van der Waals surface area (Å²) in [7, 11) is 1.83. The number of nitrogens with zero attached hydrogens (tertiary/aromatic N) is 1. The summed E-state index contributed by atoms with van der Waals surface area (Å²) >= 11 is 0. The molecule has 5 nitrogen and oxygen atoms in total. The Morgan fingerprint density at radius 1 is 1.14 bits per heavy atom. The van der Waals surface area contributed by atoms with Gasteiger partial charge in [0.2, 0.25) is 0 Å². The molecule has 5 fully saturated rings. The van der Waals surface area contributed by atoms with Crippen molar-refractivity contribution >= 4 is 12.4 Å². The highest BCUT2D eigenvalue weighted by Crippen LogP contribution is 2.78. The smallest absolute Gasteiger partial charge is 0.165 e. The van der Waals surface area contributed by atoms with E-state index in [-0.39, 0.29) is 46.4 Å². The van der Waals surface area contributed by atoms with E-state index in [0.29, 0.717) is 11.8 Å². The molecule has 0 unspecified atom stereocenters. The van der Waals surface area contributed by atoms with Crippen LogP contribution in [0.1, 0.15) is 77.3 Å². The first kappa shape index (κ1) is 24.3. The maximum atomic E-state index is 12.2. The molecule has 0 amide bonds. The van der Waals surface area contributed by atoms with Gasteiger partial charge in [-0.1, -0.05) is 26.8 Å². The highest BCUT2D eigenvalue weighted by atomic mass is 35.5. The number of benzene rings is 1. The Morgan fingerprint density at radius 3 is 2.54 bits per heavy atom. The SMILES string of the molecule is CO[C@]12CC[C@@]3(C[C@@H]1[C@](C)(O)C(C)(C)C)[C@@H]1Cc4ccc(O)c5c4[C@@]3(CCN1CC1CC1)[C@H]2O5.Cl. The maximum absolute atomic E-state index is 12.2. The zero-order valence-corrected chi connectivity index (χ0v) is 22.7. The van der Waals surface area contributed by atoms with Gasteiger partial charge in [-0.15, -0.1) is 12.4 Å². The van der Waals surface area contributed by atoms with Crippen LogP contribution < -0.4 is 4.74 Å². The van der Waals surface area contributed by atoms with E-state index in [1.54, 1.807) is 0 Å². The molecule has 2 aliphatic heterocycles. The monoisotopic (exact) mass is 503 g/mol. The Hall–Kier alpha value is -1.01. The fourth-order valence-electron chi connectivity index (χ4n) is 9.58. The van der Waals surface area contributed by atoms with Gasteiger partial charge in [0.25, 0.3) is 0 Å². The van der Waals surface area contributed by atoms with Crippen molar-refractivity contribution in [3.05, 3.63) is 23.3 Å². The summed E-state index contributed by atoms with van der Waals surface area (Å²) in [5.41, 5.74) is 0.783.